The lowest BCUT2D eigenvalue weighted by Crippen LogP contribution is -2.39. The molecule has 0 spiro atoms. The first-order valence-corrected chi connectivity index (χ1v) is 17.6. The van der Waals surface area contributed by atoms with E-state index in [2.05, 4.69) is 121 Å². The van der Waals surface area contributed by atoms with Crippen LogP contribution >= 0.6 is 0 Å². The molecule has 9 aromatic rings. The fourth-order valence-corrected chi connectivity index (χ4v) is 8.10. The first-order chi connectivity index (χ1) is 25.8. The van der Waals surface area contributed by atoms with Gasteiger partial charge >= 0.3 is 14.2 Å². The molecule has 0 aliphatic carbocycles. The number of hydrogen-bond acceptors (Lipinski definition) is 4. The van der Waals surface area contributed by atoms with Crippen molar-refractivity contribution in [3.63, 3.8) is 0 Å². The van der Waals surface area contributed by atoms with Crippen LogP contribution in [0.3, 0.4) is 0 Å². The normalized spacial score (nSPS) is 13.2. The Morgan fingerprint density at radius 1 is 0.288 bits per heavy atom. The molecule has 2 aliphatic heterocycles. The molecule has 0 saturated heterocycles. The number of para-hydroxylation sites is 4. The van der Waals surface area contributed by atoms with Crippen molar-refractivity contribution in [2.24, 2.45) is 0 Å². The summed E-state index contributed by atoms with van der Waals surface area (Å²) in [6.07, 6.45) is 0. The Kier molecular flexibility index (Phi) is 6.41. The van der Waals surface area contributed by atoms with Crippen LogP contribution in [0.15, 0.2) is 170 Å². The van der Waals surface area contributed by atoms with E-state index in [9.17, 15) is 0 Å². The average molecular weight is 666 g/mol. The molecule has 0 bridgehead atoms. The molecule has 242 valence electrons. The summed E-state index contributed by atoms with van der Waals surface area (Å²) in [5.41, 5.74) is 6.56. The standard InChI is InChI=1S/C46H28B2O4/c1-3-15-33-29(11-1)13-9-17-35(33)45-37-25-23-32(48-51-43-21-7-8-22-44(43)52-48)28-40(37)46(36-18-10-14-30-12-2-4-16-34(30)36)38-26-24-31(27-39(38)45)47-49-41-19-5-6-20-42(41)50-47/h1-28H. The maximum atomic E-state index is 6.37. The molecule has 0 atom stereocenters. The molecule has 6 heteroatoms. The van der Waals surface area contributed by atoms with Crippen molar-refractivity contribution in [3.8, 4) is 45.3 Å². The molecular weight excluding hydrogens is 638 g/mol. The lowest BCUT2D eigenvalue weighted by atomic mass is 9.74. The molecule has 2 aliphatic rings. The van der Waals surface area contributed by atoms with Crippen molar-refractivity contribution in [2.75, 3.05) is 0 Å². The quantitative estimate of drug-likeness (QED) is 0.139. The summed E-state index contributed by atoms with van der Waals surface area (Å²) in [4.78, 5) is 0. The molecule has 0 radical (unpaired) electrons. The Bertz CT molecular complexity index is 2650. The zero-order chi connectivity index (χ0) is 34.2. The first-order valence-electron chi connectivity index (χ1n) is 17.6. The molecule has 9 aromatic carbocycles. The van der Waals surface area contributed by atoms with Crippen molar-refractivity contribution < 1.29 is 18.6 Å². The summed E-state index contributed by atoms with van der Waals surface area (Å²) in [5.74, 6) is 3.01. The summed E-state index contributed by atoms with van der Waals surface area (Å²) in [6, 6.07) is 59.4. The van der Waals surface area contributed by atoms with Gasteiger partial charge in [0.15, 0.2) is 0 Å². The van der Waals surface area contributed by atoms with Gasteiger partial charge in [-0.25, -0.2) is 0 Å². The lowest BCUT2D eigenvalue weighted by molar-refractivity contribution is 0.518. The lowest BCUT2D eigenvalue weighted by Gasteiger charge is -2.21. The van der Waals surface area contributed by atoms with E-state index in [1.54, 1.807) is 0 Å². The smallest absolute Gasteiger partial charge is 0.519 e. The predicted molar refractivity (Wildman–Crippen MR) is 214 cm³/mol. The summed E-state index contributed by atoms with van der Waals surface area (Å²) in [6.45, 7) is 0. The van der Waals surface area contributed by atoms with Crippen LogP contribution < -0.4 is 29.5 Å². The van der Waals surface area contributed by atoms with E-state index in [0.717, 1.165) is 66.6 Å². The van der Waals surface area contributed by atoms with Gasteiger partial charge in [0.05, 0.1) is 0 Å². The van der Waals surface area contributed by atoms with Crippen molar-refractivity contribution in [1.29, 1.82) is 0 Å². The van der Waals surface area contributed by atoms with Gasteiger partial charge < -0.3 is 18.6 Å². The maximum absolute atomic E-state index is 6.37. The second-order valence-electron chi connectivity index (χ2n) is 13.4. The summed E-state index contributed by atoms with van der Waals surface area (Å²) >= 11 is 0. The highest BCUT2D eigenvalue weighted by atomic mass is 16.6. The molecule has 52 heavy (non-hydrogen) atoms. The zero-order valence-corrected chi connectivity index (χ0v) is 28.0. The Labute approximate surface area is 301 Å². The van der Waals surface area contributed by atoms with Crippen molar-refractivity contribution in [2.45, 2.75) is 0 Å². The van der Waals surface area contributed by atoms with Crippen molar-refractivity contribution in [1.82, 2.24) is 0 Å². The van der Waals surface area contributed by atoms with Crippen LogP contribution in [0.2, 0.25) is 0 Å². The van der Waals surface area contributed by atoms with Crippen LogP contribution in [0, 0.1) is 0 Å². The van der Waals surface area contributed by atoms with Gasteiger partial charge in [0, 0.05) is 10.9 Å². The topological polar surface area (TPSA) is 36.9 Å². The van der Waals surface area contributed by atoms with Gasteiger partial charge in [-0.05, 0) is 89.6 Å². The van der Waals surface area contributed by atoms with Gasteiger partial charge in [-0.2, -0.15) is 0 Å². The summed E-state index contributed by atoms with van der Waals surface area (Å²) in [7, 11) is -1.11. The monoisotopic (exact) mass is 666 g/mol. The zero-order valence-electron chi connectivity index (χ0n) is 28.0. The van der Waals surface area contributed by atoms with Gasteiger partial charge in [-0.3, -0.25) is 0 Å². The minimum absolute atomic E-state index is 0.556. The van der Waals surface area contributed by atoms with Crippen LogP contribution in [0.5, 0.6) is 23.0 Å². The highest BCUT2D eigenvalue weighted by Crippen LogP contribution is 2.47. The number of benzene rings is 9. The third kappa shape index (κ3) is 4.51. The third-order valence-corrected chi connectivity index (χ3v) is 10.5. The molecule has 0 amide bonds. The number of fused-ring (bicyclic) bond motifs is 6. The molecular formula is C46H28B2O4. The molecule has 0 fully saturated rings. The van der Waals surface area contributed by atoms with E-state index in [1.165, 1.54) is 32.7 Å². The predicted octanol–water partition coefficient (Wildman–Crippen LogP) is 9.97. The Morgan fingerprint density at radius 2 is 0.654 bits per heavy atom. The third-order valence-electron chi connectivity index (χ3n) is 10.5. The summed E-state index contributed by atoms with van der Waals surface area (Å²) in [5, 5.41) is 9.30. The molecule has 0 unspecified atom stereocenters. The largest absolute Gasteiger partial charge is 0.632 e. The fraction of sp³-hybridized carbons (Fsp3) is 0. The van der Waals surface area contributed by atoms with Crippen LogP contribution in [-0.4, -0.2) is 14.2 Å². The van der Waals surface area contributed by atoms with Crippen molar-refractivity contribution >= 4 is 68.3 Å². The highest BCUT2D eigenvalue weighted by Gasteiger charge is 2.36. The average Bonchev–Trinajstić information content (AvgIpc) is 3.85. The fourth-order valence-electron chi connectivity index (χ4n) is 8.10. The van der Waals surface area contributed by atoms with Crippen LogP contribution in [0.25, 0.3) is 65.3 Å². The Morgan fingerprint density at radius 3 is 1.08 bits per heavy atom. The van der Waals surface area contributed by atoms with Crippen LogP contribution in [0.1, 0.15) is 0 Å². The minimum Gasteiger partial charge on any atom is -0.519 e. The Hall–Kier alpha value is -6.65. The van der Waals surface area contributed by atoms with E-state index in [1.807, 2.05) is 48.5 Å². The van der Waals surface area contributed by atoms with E-state index >= 15 is 0 Å². The molecule has 2 heterocycles. The van der Waals surface area contributed by atoms with Gasteiger partial charge in [-0.1, -0.05) is 146 Å². The van der Waals surface area contributed by atoms with Gasteiger partial charge in [0.2, 0.25) is 0 Å². The Balaban J connectivity index is 1.24. The van der Waals surface area contributed by atoms with Crippen LogP contribution in [0.4, 0.5) is 0 Å². The van der Waals surface area contributed by atoms with Crippen LogP contribution in [-0.2, 0) is 0 Å². The highest BCUT2D eigenvalue weighted by molar-refractivity contribution is 6.64. The minimum atomic E-state index is -0.556. The number of hydrogen-bond donors (Lipinski definition) is 0. The molecule has 0 N–H and O–H groups in total. The van der Waals surface area contributed by atoms with Gasteiger partial charge in [0.25, 0.3) is 0 Å². The first kappa shape index (κ1) is 29.1. The molecule has 4 nitrogen and oxygen atoms in total. The maximum Gasteiger partial charge on any atom is 0.632 e. The molecule has 11 rings (SSSR count). The van der Waals surface area contributed by atoms with Gasteiger partial charge in [-0.15, -0.1) is 0 Å². The second-order valence-corrected chi connectivity index (χ2v) is 13.4. The van der Waals surface area contributed by atoms with E-state index < -0.39 is 14.2 Å². The van der Waals surface area contributed by atoms with Crippen molar-refractivity contribution in [3.05, 3.63) is 170 Å². The van der Waals surface area contributed by atoms with E-state index in [0.29, 0.717) is 0 Å². The molecule has 0 aromatic heterocycles. The SMILES string of the molecule is c1ccc2c(c1)OB(c1ccc3c(-c4cccc5ccccc45)c4cc(B5Oc6ccccc6O5)ccc4c(-c4cccc5ccccc45)c3c1)O2. The van der Waals surface area contributed by atoms with E-state index in [4.69, 9.17) is 18.6 Å². The second kappa shape index (κ2) is 11.4. The van der Waals surface area contributed by atoms with Gasteiger partial charge in [0.1, 0.15) is 23.0 Å². The van der Waals surface area contributed by atoms with E-state index in [-0.39, 0.29) is 0 Å². The summed E-state index contributed by atoms with van der Waals surface area (Å²) < 4.78 is 25.5. The molecule has 0 saturated carbocycles. The number of rotatable bonds is 4.